The van der Waals surface area contributed by atoms with Crippen molar-refractivity contribution in [3.05, 3.63) is 28.2 Å². The zero-order valence-electron chi connectivity index (χ0n) is 10.1. The lowest BCUT2D eigenvalue weighted by molar-refractivity contribution is 0.0896. The lowest BCUT2D eigenvalue weighted by Gasteiger charge is -2.16. The van der Waals surface area contributed by atoms with Gasteiger partial charge in [-0.05, 0) is 24.1 Å². The van der Waals surface area contributed by atoms with Crippen LogP contribution in [0.3, 0.4) is 0 Å². The maximum absolute atomic E-state index is 12.2. The van der Waals surface area contributed by atoms with Gasteiger partial charge in [-0.3, -0.25) is 4.79 Å². The minimum atomic E-state index is 0.00296. The highest BCUT2D eigenvalue weighted by Crippen LogP contribution is 2.27. The van der Waals surface area contributed by atoms with Gasteiger partial charge in [0.25, 0.3) is 0 Å². The highest BCUT2D eigenvalue weighted by Gasteiger charge is 2.21. The monoisotopic (exact) mass is 284 g/mol. The molecule has 0 fully saturated rings. The number of ketones is 1. The Bertz CT molecular complexity index is 386. The van der Waals surface area contributed by atoms with E-state index >= 15 is 0 Å². The van der Waals surface area contributed by atoms with Crippen molar-refractivity contribution in [2.45, 2.75) is 20.8 Å². The molecule has 0 bridgehead atoms. The zero-order valence-corrected chi connectivity index (χ0v) is 11.7. The minimum absolute atomic E-state index is 0.00296. The van der Waals surface area contributed by atoms with Crippen LogP contribution in [-0.2, 0) is 0 Å². The summed E-state index contributed by atoms with van der Waals surface area (Å²) in [4.78, 5) is 12.2. The van der Waals surface area contributed by atoms with E-state index in [4.69, 9.17) is 4.74 Å². The van der Waals surface area contributed by atoms with Crippen LogP contribution in [0.5, 0.6) is 5.75 Å². The molecule has 0 aliphatic carbocycles. The Morgan fingerprint density at radius 1 is 1.31 bits per heavy atom. The summed E-state index contributed by atoms with van der Waals surface area (Å²) in [7, 11) is 1.58. The fraction of sp³-hybridized carbons (Fsp3) is 0.462. The molecule has 1 aromatic rings. The Hall–Kier alpha value is -0.830. The SMILES string of the molecule is COc1ccc(Br)cc1C(=O)C(C)C(C)C. The molecule has 1 unspecified atom stereocenters. The average Bonchev–Trinajstić information content (AvgIpc) is 2.26. The van der Waals surface area contributed by atoms with E-state index < -0.39 is 0 Å². The van der Waals surface area contributed by atoms with Crippen molar-refractivity contribution in [3.63, 3.8) is 0 Å². The van der Waals surface area contributed by atoms with Crippen LogP contribution >= 0.6 is 15.9 Å². The molecule has 1 rings (SSSR count). The molecule has 88 valence electrons. The quantitative estimate of drug-likeness (QED) is 0.783. The van der Waals surface area contributed by atoms with Crippen molar-refractivity contribution in [1.82, 2.24) is 0 Å². The van der Waals surface area contributed by atoms with Crippen LogP contribution in [0, 0.1) is 11.8 Å². The molecular weight excluding hydrogens is 268 g/mol. The lowest BCUT2D eigenvalue weighted by atomic mass is 9.89. The summed E-state index contributed by atoms with van der Waals surface area (Å²) in [6, 6.07) is 5.50. The van der Waals surface area contributed by atoms with E-state index in [1.165, 1.54) is 0 Å². The van der Waals surface area contributed by atoms with Gasteiger partial charge in [0.05, 0.1) is 12.7 Å². The second kappa shape index (κ2) is 5.48. The van der Waals surface area contributed by atoms with Crippen LogP contribution in [0.25, 0.3) is 0 Å². The first-order valence-electron chi connectivity index (χ1n) is 5.35. The number of Topliss-reactive ketones (excluding diaryl/α,β-unsaturated/α-hetero) is 1. The third-order valence-electron chi connectivity index (χ3n) is 2.84. The molecule has 0 spiro atoms. The van der Waals surface area contributed by atoms with Gasteiger partial charge in [-0.1, -0.05) is 36.7 Å². The number of rotatable bonds is 4. The molecule has 0 radical (unpaired) electrons. The first-order valence-corrected chi connectivity index (χ1v) is 6.14. The molecule has 0 N–H and O–H groups in total. The van der Waals surface area contributed by atoms with E-state index in [0.29, 0.717) is 17.2 Å². The third-order valence-corrected chi connectivity index (χ3v) is 3.33. The summed E-state index contributed by atoms with van der Waals surface area (Å²) in [6.07, 6.45) is 0. The molecule has 1 aromatic carbocycles. The predicted molar refractivity (Wildman–Crippen MR) is 69.0 cm³/mol. The largest absolute Gasteiger partial charge is 0.496 e. The molecular formula is C13H17BrO2. The van der Waals surface area contributed by atoms with Gasteiger partial charge in [0.2, 0.25) is 0 Å². The molecule has 0 aliphatic rings. The Kier molecular flexibility index (Phi) is 4.54. The second-order valence-electron chi connectivity index (χ2n) is 4.24. The molecule has 2 nitrogen and oxygen atoms in total. The number of hydrogen-bond acceptors (Lipinski definition) is 2. The van der Waals surface area contributed by atoms with Crippen LogP contribution in [0.1, 0.15) is 31.1 Å². The Labute approximate surface area is 105 Å². The van der Waals surface area contributed by atoms with Gasteiger partial charge >= 0.3 is 0 Å². The normalized spacial score (nSPS) is 12.6. The van der Waals surface area contributed by atoms with E-state index in [0.717, 1.165) is 4.47 Å². The fourth-order valence-electron chi connectivity index (χ4n) is 1.42. The molecule has 1 atom stereocenters. The van der Waals surface area contributed by atoms with Crippen LogP contribution in [0.2, 0.25) is 0 Å². The first kappa shape index (κ1) is 13.2. The Balaban J connectivity index is 3.11. The number of ether oxygens (including phenoxy) is 1. The molecule has 0 saturated carbocycles. The van der Waals surface area contributed by atoms with E-state index in [-0.39, 0.29) is 11.7 Å². The van der Waals surface area contributed by atoms with Gasteiger partial charge in [0.1, 0.15) is 5.75 Å². The molecule has 0 aromatic heterocycles. The summed E-state index contributed by atoms with van der Waals surface area (Å²) in [5, 5.41) is 0. The maximum atomic E-state index is 12.2. The van der Waals surface area contributed by atoms with Crippen molar-refractivity contribution in [1.29, 1.82) is 0 Å². The van der Waals surface area contributed by atoms with Crippen LogP contribution < -0.4 is 4.74 Å². The van der Waals surface area contributed by atoms with Crippen LogP contribution in [0.4, 0.5) is 0 Å². The number of hydrogen-bond donors (Lipinski definition) is 0. The third kappa shape index (κ3) is 2.85. The van der Waals surface area contributed by atoms with E-state index in [9.17, 15) is 4.79 Å². The van der Waals surface area contributed by atoms with E-state index in [1.807, 2.05) is 39.0 Å². The zero-order chi connectivity index (χ0) is 12.3. The predicted octanol–water partition coefficient (Wildman–Crippen LogP) is 3.93. The van der Waals surface area contributed by atoms with Crippen molar-refractivity contribution < 1.29 is 9.53 Å². The number of methoxy groups -OCH3 is 1. The summed E-state index contributed by atoms with van der Waals surface area (Å²) >= 11 is 3.37. The number of carbonyl (C=O) groups excluding carboxylic acids is 1. The molecule has 0 aliphatic heterocycles. The Morgan fingerprint density at radius 2 is 1.94 bits per heavy atom. The van der Waals surface area contributed by atoms with Gasteiger partial charge < -0.3 is 4.74 Å². The number of halogens is 1. The van der Waals surface area contributed by atoms with Gasteiger partial charge in [0, 0.05) is 10.4 Å². The molecule has 0 amide bonds. The summed E-state index contributed by atoms with van der Waals surface area (Å²) < 4.78 is 6.11. The average molecular weight is 285 g/mol. The molecule has 16 heavy (non-hydrogen) atoms. The van der Waals surface area contributed by atoms with Crippen molar-refractivity contribution in [2.75, 3.05) is 7.11 Å². The van der Waals surface area contributed by atoms with Gasteiger partial charge in [-0.2, -0.15) is 0 Å². The minimum Gasteiger partial charge on any atom is -0.496 e. The second-order valence-corrected chi connectivity index (χ2v) is 5.16. The highest BCUT2D eigenvalue weighted by molar-refractivity contribution is 9.10. The fourth-order valence-corrected chi connectivity index (χ4v) is 1.78. The van der Waals surface area contributed by atoms with Crippen molar-refractivity contribution >= 4 is 21.7 Å². The van der Waals surface area contributed by atoms with Gasteiger partial charge in [0.15, 0.2) is 5.78 Å². The number of carbonyl (C=O) groups is 1. The number of benzene rings is 1. The van der Waals surface area contributed by atoms with Crippen molar-refractivity contribution in [2.24, 2.45) is 11.8 Å². The van der Waals surface area contributed by atoms with Crippen LogP contribution in [0.15, 0.2) is 22.7 Å². The van der Waals surface area contributed by atoms with E-state index in [1.54, 1.807) is 7.11 Å². The topological polar surface area (TPSA) is 26.3 Å². The summed E-state index contributed by atoms with van der Waals surface area (Å²) in [5.74, 6) is 1.10. The van der Waals surface area contributed by atoms with Crippen molar-refractivity contribution in [3.8, 4) is 5.75 Å². The molecule has 0 heterocycles. The maximum Gasteiger partial charge on any atom is 0.169 e. The van der Waals surface area contributed by atoms with E-state index in [2.05, 4.69) is 15.9 Å². The first-order chi connectivity index (χ1) is 7.47. The highest BCUT2D eigenvalue weighted by atomic mass is 79.9. The Morgan fingerprint density at radius 3 is 2.44 bits per heavy atom. The standard InChI is InChI=1S/C13H17BrO2/c1-8(2)9(3)13(15)11-7-10(14)5-6-12(11)16-4/h5-9H,1-4H3. The van der Waals surface area contributed by atoms with Gasteiger partial charge in [-0.25, -0.2) is 0 Å². The molecule has 0 saturated heterocycles. The summed E-state index contributed by atoms with van der Waals surface area (Å²) in [5.41, 5.74) is 0.651. The molecule has 3 heteroatoms. The smallest absolute Gasteiger partial charge is 0.169 e. The lowest BCUT2D eigenvalue weighted by Crippen LogP contribution is -2.17. The van der Waals surface area contributed by atoms with Crippen LogP contribution in [-0.4, -0.2) is 12.9 Å². The van der Waals surface area contributed by atoms with Gasteiger partial charge in [-0.15, -0.1) is 0 Å². The summed E-state index contributed by atoms with van der Waals surface area (Å²) in [6.45, 7) is 6.05.